The molecular weight excluding hydrogens is 380 g/mol. The predicted molar refractivity (Wildman–Crippen MR) is 101 cm³/mol. The number of urea groups is 1. The fourth-order valence-electron chi connectivity index (χ4n) is 2.16. The summed E-state index contributed by atoms with van der Waals surface area (Å²) in [7, 11) is 0. The number of benzene rings is 2. The van der Waals surface area contributed by atoms with Crippen LogP contribution in [0.5, 0.6) is 0 Å². The minimum atomic E-state index is -0.745. The van der Waals surface area contributed by atoms with E-state index in [2.05, 4.69) is 10.7 Å². The number of nitrogens with one attached hydrogen (secondary N) is 2. The van der Waals surface area contributed by atoms with E-state index in [1.165, 1.54) is 42.5 Å². The van der Waals surface area contributed by atoms with Gasteiger partial charge in [-0.25, -0.2) is 19.6 Å². The number of hydrogen-bond acceptors (Lipinski definition) is 2. The van der Waals surface area contributed by atoms with Crippen molar-refractivity contribution in [2.45, 2.75) is 26.3 Å². The summed E-state index contributed by atoms with van der Waals surface area (Å²) in [6.07, 6.45) is 0. The molecule has 26 heavy (non-hydrogen) atoms. The van der Waals surface area contributed by atoms with Crippen molar-refractivity contribution in [3.05, 3.63) is 63.9 Å². The van der Waals surface area contributed by atoms with Crippen LogP contribution in [0.15, 0.2) is 42.5 Å². The monoisotopic (exact) mass is 397 g/mol. The highest BCUT2D eigenvalue weighted by molar-refractivity contribution is 6.35. The summed E-state index contributed by atoms with van der Waals surface area (Å²) in [5, 5.41) is 4.24. The van der Waals surface area contributed by atoms with Gasteiger partial charge in [-0.1, -0.05) is 29.3 Å². The molecule has 0 fully saturated rings. The number of anilines is 1. The van der Waals surface area contributed by atoms with Crippen molar-refractivity contribution in [1.82, 2.24) is 10.4 Å². The molecular formula is C18H18Cl2FN3O2. The van der Waals surface area contributed by atoms with Crippen molar-refractivity contribution in [2.75, 3.05) is 5.32 Å². The molecule has 0 bridgehead atoms. The molecule has 2 rings (SSSR count). The largest absolute Gasteiger partial charge is 0.338 e. The Hall–Kier alpha value is -2.31. The van der Waals surface area contributed by atoms with Crippen molar-refractivity contribution in [3.8, 4) is 0 Å². The molecule has 2 aromatic rings. The third-order valence-electron chi connectivity index (χ3n) is 3.28. The lowest BCUT2D eigenvalue weighted by molar-refractivity contribution is 0.0460. The molecule has 0 saturated heterocycles. The number of halogens is 3. The van der Waals surface area contributed by atoms with Gasteiger partial charge in [0, 0.05) is 21.3 Å². The van der Waals surface area contributed by atoms with E-state index in [1.807, 2.05) is 0 Å². The van der Waals surface area contributed by atoms with E-state index in [4.69, 9.17) is 23.2 Å². The molecule has 0 radical (unpaired) electrons. The van der Waals surface area contributed by atoms with Crippen LogP contribution in [0.3, 0.4) is 0 Å². The van der Waals surface area contributed by atoms with Crippen molar-refractivity contribution < 1.29 is 14.0 Å². The normalized spacial score (nSPS) is 11.0. The van der Waals surface area contributed by atoms with E-state index in [-0.39, 0.29) is 11.3 Å². The zero-order chi connectivity index (χ0) is 19.5. The first kappa shape index (κ1) is 20.0. The Kier molecular flexibility index (Phi) is 6.10. The van der Waals surface area contributed by atoms with Crippen LogP contribution in [0.4, 0.5) is 14.9 Å². The van der Waals surface area contributed by atoms with Crippen molar-refractivity contribution in [2.24, 2.45) is 0 Å². The molecule has 2 N–H and O–H groups in total. The minimum absolute atomic E-state index is 0.225. The lowest BCUT2D eigenvalue weighted by Crippen LogP contribution is -2.56. The van der Waals surface area contributed by atoms with E-state index in [0.29, 0.717) is 10.0 Å². The Morgan fingerprint density at radius 2 is 1.65 bits per heavy atom. The topological polar surface area (TPSA) is 61.4 Å². The van der Waals surface area contributed by atoms with E-state index < -0.39 is 23.3 Å². The van der Waals surface area contributed by atoms with Crippen LogP contribution < -0.4 is 10.7 Å². The van der Waals surface area contributed by atoms with Gasteiger partial charge >= 0.3 is 6.03 Å². The Morgan fingerprint density at radius 3 is 2.19 bits per heavy atom. The van der Waals surface area contributed by atoms with Crippen LogP contribution in [0, 0.1) is 5.82 Å². The summed E-state index contributed by atoms with van der Waals surface area (Å²) in [6, 6.07) is 9.16. The van der Waals surface area contributed by atoms with Crippen molar-refractivity contribution in [3.63, 3.8) is 0 Å². The van der Waals surface area contributed by atoms with E-state index in [9.17, 15) is 14.0 Å². The van der Waals surface area contributed by atoms with Crippen LogP contribution in [0.2, 0.25) is 10.0 Å². The van der Waals surface area contributed by atoms with Crippen LogP contribution in [0.25, 0.3) is 0 Å². The van der Waals surface area contributed by atoms with Gasteiger partial charge in [0.05, 0.1) is 5.54 Å². The zero-order valence-electron chi connectivity index (χ0n) is 14.4. The standard InChI is InChI=1S/C18H18Cl2FN3O2/c1-18(2,3)24(16(25)11-7-12(19)9-13(20)8-11)23-17(26)22-15-6-4-5-14(21)10-15/h4-10H,1-3H3,(H2,22,23,26). The number of carbonyl (C=O) groups excluding carboxylic acids is 2. The molecule has 0 unspecified atom stereocenters. The van der Waals surface area contributed by atoms with Crippen LogP contribution in [-0.4, -0.2) is 22.5 Å². The summed E-state index contributed by atoms with van der Waals surface area (Å²) < 4.78 is 13.2. The van der Waals surface area contributed by atoms with Crippen molar-refractivity contribution >= 4 is 40.8 Å². The minimum Gasteiger partial charge on any atom is -0.306 e. The lowest BCUT2D eigenvalue weighted by atomic mass is 10.1. The number of amides is 3. The first-order valence-corrected chi connectivity index (χ1v) is 8.46. The first-order valence-electron chi connectivity index (χ1n) is 7.70. The molecule has 0 aromatic heterocycles. The molecule has 0 heterocycles. The Labute approximate surface area is 161 Å². The molecule has 2 aromatic carbocycles. The molecule has 0 atom stereocenters. The quantitative estimate of drug-likeness (QED) is 0.691. The van der Waals surface area contributed by atoms with E-state index in [0.717, 1.165) is 5.01 Å². The van der Waals surface area contributed by atoms with Crippen molar-refractivity contribution in [1.29, 1.82) is 0 Å². The van der Waals surface area contributed by atoms with Gasteiger partial charge < -0.3 is 5.32 Å². The second kappa shape index (κ2) is 7.93. The number of nitrogens with zero attached hydrogens (tertiary/aromatic N) is 1. The maximum absolute atomic E-state index is 13.2. The lowest BCUT2D eigenvalue weighted by Gasteiger charge is -2.35. The Balaban J connectivity index is 2.22. The second-order valence-corrected chi connectivity index (χ2v) is 7.42. The van der Waals surface area contributed by atoms with E-state index >= 15 is 0 Å². The summed E-state index contributed by atoms with van der Waals surface area (Å²) in [5.41, 5.74) is 2.23. The SMILES string of the molecule is CC(C)(C)N(NC(=O)Nc1cccc(F)c1)C(=O)c1cc(Cl)cc(Cl)c1. The number of carbonyl (C=O) groups is 2. The van der Waals surface area contributed by atoms with Crippen LogP contribution >= 0.6 is 23.2 Å². The fraction of sp³-hybridized carbons (Fsp3) is 0.222. The van der Waals surface area contributed by atoms with E-state index in [1.54, 1.807) is 20.8 Å². The molecule has 5 nitrogen and oxygen atoms in total. The Bertz CT molecular complexity index is 817. The van der Waals surface area contributed by atoms with Gasteiger partial charge in [0.1, 0.15) is 5.82 Å². The third-order valence-corrected chi connectivity index (χ3v) is 3.72. The average molecular weight is 398 g/mol. The maximum atomic E-state index is 13.2. The Morgan fingerprint density at radius 1 is 1.04 bits per heavy atom. The molecule has 0 saturated carbocycles. The molecule has 138 valence electrons. The summed E-state index contributed by atoms with van der Waals surface area (Å²) in [5.74, 6) is -0.976. The molecule has 8 heteroatoms. The van der Waals surface area contributed by atoms with Gasteiger partial charge in [-0.3, -0.25) is 4.79 Å². The highest BCUT2D eigenvalue weighted by Gasteiger charge is 2.29. The number of rotatable bonds is 2. The first-order chi connectivity index (χ1) is 12.1. The van der Waals surface area contributed by atoms with Gasteiger partial charge in [0.15, 0.2) is 0 Å². The third kappa shape index (κ3) is 5.34. The maximum Gasteiger partial charge on any atom is 0.338 e. The van der Waals surface area contributed by atoms with Gasteiger partial charge in [-0.2, -0.15) is 0 Å². The highest BCUT2D eigenvalue weighted by atomic mass is 35.5. The summed E-state index contributed by atoms with van der Waals surface area (Å²) >= 11 is 11.9. The van der Waals surface area contributed by atoms with Crippen LogP contribution in [0.1, 0.15) is 31.1 Å². The number of hydrazine groups is 1. The molecule has 0 spiro atoms. The molecule has 3 amide bonds. The van der Waals surface area contributed by atoms with Gasteiger partial charge in [-0.15, -0.1) is 0 Å². The smallest absolute Gasteiger partial charge is 0.306 e. The van der Waals surface area contributed by atoms with Crippen LogP contribution in [-0.2, 0) is 0 Å². The van der Waals surface area contributed by atoms with Gasteiger partial charge in [0.2, 0.25) is 0 Å². The number of hydrogen-bond donors (Lipinski definition) is 2. The van der Waals surface area contributed by atoms with Gasteiger partial charge in [0.25, 0.3) is 5.91 Å². The predicted octanol–water partition coefficient (Wildman–Crippen LogP) is 5.11. The zero-order valence-corrected chi connectivity index (χ0v) is 16.0. The highest BCUT2D eigenvalue weighted by Crippen LogP contribution is 2.22. The van der Waals surface area contributed by atoms with Gasteiger partial charge in [-0.05, 0) is 57.2 Å². The molecule has 0 aliphatic rings. The summed E-state index contributed by atoms with van der Waals surface area (Å²) in [4.78, 5) is 25.1. The average Bonchev–Trinajstić information content (AvgIpc) is 2.50. The summed E-state index contributed by atoms with van der Waals surface area (Å²) in [6.45, 7) is 5.25. The second-order valence-electron chi connectivity index (χ2n) is 6.55. The molecule has 0 aliphatic carbocycles. The fourth-order valence-corrected chi connectivity index (χ4v) is 2.68. The molecule has 0 aliphatic heterocycles.